The maximum absolute atomic E-state index is 11.9. The number of ether oxygens (including phenoxy) is 2. The normalized spacial score (nSPS) is 21.6. The molecule has 0 saturated heterocycles. The van der Waals surface area contributed by atoms with Crippen LogP contribution in [0.1, 0.15) is 63.0 Å². The van der Waals surface area contributed by atoms with Crippen LogP contribution in [0.15, 0.2) is 6.20 Å². The van der Waals surface area contributed by atoms with Crippen LogP contribution in [0, 0.1) is 0 Å². The van der Waals surface area contributed by atoms with Gasteiger partial charge in [0.1, 0.15) is 5.60 Å². The van der Waals surface area contributed by atoms with Crippen LogP contribution in [0.5, 0.6) is 0 Å². The molecule has 2 rings (SSSR count). The molecule has 1 aromatic rings. The molecular formula is C15H24N4O4. The lowest BCUT2D eigenvalue weighted by Gasteiger charge is -2.30. The number of nitrogens with zero attached hydrogens (tertiary/aromatic N) is 3. The van der Waals surface area contributed by atoms with Crippen molar-refractivity contribution in [2.24, 2.45) is 0 Å². The molecule has 128 valence electrons. The molecule has 2 atom stereocenters. The lowest BCUT2D eigenvalue weighted by Crippen LogP contribution is -2.41. The molecule has 1 amide bonds. The van der Waals surface area contributed by atoms with Crippen molar-refractivity contribution in [1.29, 1.82) is 0 Å². The van der Waals surface area contributed by atoms with Crippen LogP contribution in [-0.2, 0) is 9.47 Å². The van der Waals surface area contributed by atoms with Gasteiger partial charge in [-0.3, -0.25) is 0 Å². The van der Waals surface area contributed by atoms with Gasteiger partial charge >= 0.3 is 12.1 Å². The Labute approximate surface area is 135 Å². The standard InChI is InChI=1S/C15H24N4O4/c1-15(2,3)23-14(21)16-10-6-5-7-11(8-10)19-9-12(17-18-19)13(20)22-4/h9-11H,5-8H2,1-4H3,(H,16,21). The number of alkyl carbamates (subject to hydrolysis) is 1. The van der Waals surface area contributed by atoms with E-state index >= 15 is 0 Å². The third-order valence-electron chi connectivity index (χ3n) is 3.65. The van der Waals surface area contributed by atoms with Crippen molar-refractivity contribution in [3.05, 3.63) is 11.9 Å². The van der Waals surface area contributed by atoms with Crippen molar-refractivity contribution in [1.82, 2.24) is 20.3 Å². The third kappa shape index (κ3) is 4.94. The average molecular weight is 324 g/mol. The highest BCUT2D eigenvalue weighted by Gasteiger charge is 2.27. The minimum absolute atomic E-state index is 0.0226. The van der Waals surface area contributed by atoms with Gasteiger partial charge in [-0.1, -0.05) is 5.21 Å². The van der Waals surface area contributed by atoms with Gasteiger partial charge in [-0.05, 0) is 46.5 Å². The Hall–Kier alpha value is -2.12. The van der Waals surface area contributed by atoms with Crippen LogP contribution < -0.4 is 5.32 Å². The first-order valence-corrected chi connectivity index (χ1v) is 7.78. The number of aromatic nitrogens is 3. The van der Waals surface area contributed by atoms with Crippen molar-refractivity contribution in [2.75, 3.05) is 7.11 Å². The number of hydrogen-bond acceptors (Lipinski definition) is 6. The average Bonchev–Trinajstić information content (AvgIpc) is 2.94. The van der Waals surface area contributed by atoms with Gasteiger partial charge in [0.2, 0.25) is 0 Å². The van der Waals surface area contributed by atoms with Crippen molar-refractivity contribution in [2.45, 2.75) is 64.1 Å². The number of hydrogen-bond donors (Lipinski definition) is 1. The Bertz CT molecular complexity index is 564. The highest BCUT2D eigenvalue weighted by atomic mass is 16.6. The highest BCUT2D eigenvalue weighted by molar-refractivity contribution is 5.86. The van der Waals surface area contributed by atoms with E-state index in [-0.39, 0.29) is 17.8 Å². The van der Waals surface area contributed by atoms with Crippen molar-refractivity contribution in [3.8, 4) is 0 Å². The molecule has 0 radical (unpaired) electrons. The van der Waals surface area contributed by atoms with Crippen LogP contribution in [0.25, 0.3) is 0 Å². The lowest BCUT2D eigenvalue weighted by atomic mass is 9.91. The van der Waals surface area contributed by atoms with E-state index in [2.05, 4.69) is 20.4 Å². The second kappa shape index (κ2) is 6.97. The van der Waals surface area contributed by atoms with E-state index in [1.54, 1.807) is 10.9 Å². The summed E-state index contributed by atoms with van der Waals surface area (Å²) in [4.78, 5) is 23.3. The maximum Gasteiger partial charge on any atom is 0.407 e. The molecule has 0 aromatic carbocycles. The summed E-state index contributed by atoms with van der Waals surface area (Å²) in [5.41, 5.74) is -0.325. The maximum atomic E-state index is 11.9. The molecule has 0 spiro atoms. The summed E-state index contributed by atoms with van der Waals surface area (Å²) in [6.45, 7) is 5.50. The zero-order valence-corrected chi connectivity index (χ0v) is 14.0. The molecule has 1 aliphatic carbocycles. The molecule has 1 fully saturated rings. The molecule has 1 heterocycles. The monoisotopic (exact) mass is 324 g/mol. The molecule has 8 nitrogen and oxygen atoms in total. The van der Waals surface area contributed by atoms with E-state index in [1.165, 1.54) is 7.11 Å². The van der Waals surface area contributed by atoms with Crippen molar-refractivity contribution < 1.29 is 19.1 Å². The van der Waals surface area contributed by atoms with Gasteiger partial charge in [0.15, 0.2) is 5.69 Å². The Kier molecular flexibility index (Phi) is 5.23. The molecule has 2 unspecified atom stereocenters. The molecule has 1 aromatic heterocycles. The smallest absolute Gasteiger partial charge is 0.407 e. The van der Waals surface area contributed by atoms with Crippen LogP contribution in [0.4, 0.5) is 4.79 Å². The van der Waals surface area contributed by atoms with Gasteiger partial charge in [-0.25, -0.2) is 14.3 Å². The SMILES string of the molecule is COC(=O)c1cn(C2CCCC(NC(=O)OC(C)(C)C)C2)nn1. The van der Waals surface area contributed by atoms with Crippen LogP contribution in [0.3, 0.4) is 0 Å². The first-order chi connectivity index (χ1) is 10.8. The lowest BCUT2D eigenvalue weighted by molar-refractivity contribution is 0.0484. The van der Waals surface area contributed by atoms with Gasteiger partial charge in [-0.2, -0.15) is 0 Å². The number of carbonyl (C=O) groups is 2. The summed E-state index contributed by atoms with van der Waals surface area (Å²) in [6, 6.07) is 0.115. The third-order valence-corrected chi connectivity index (χ3v) is 3.65. The van der Waals surface area contributed by atoms with E-state index in [4.69, 9.17) is 4.74 Å². The molecule has 23 heavy (non-hydrogen) atoms. The van der Waals surface area contributed by atoms with E-state index in [0.717, 1.165) is 25.7 Å². The van der Waals surface area contributed by atoms with Crippen molar-refractivity contribution in [3.63, 3.8) is 0 Å². The van der Waals surface area contributed by atoms with Crippen LogP contribution in [0.2, 0.25) is 0 Å². The Morgan fingerprint density at radius 1 is 1.35 bits per heavy atom. The Morgan fingerprint density at radius 3 is 2.74 bits per heavy atom. The predicted molar refractivity (Wildman–Crippen MR) is 82.0 cm³/mol. The number of methoxy groups -OCH3 is 1. The molecule has 1 aliphatic rings. The Balaban J connectivity index is 1.94. The first kappa shape index (κ1) is 17.2. The number of nitrogens with one attached hydrogen (secondary N) is 1. The summed E-state index contributed by atoms with van der Waals surface area (Å²) >= 11 is 0. The zero-order chi connectivity index (χ0) is 17.0. The fourth-order valence-corrected chi connectivity index (χ4v) is 2.66. The first-order valence-electron chi connectivity index (χ1n) is 7.78. The summed E-state index contributed by atoms with van der Waals surface area (Å²) in [5, 5.41) is 10.7. The van der Waals surface area contributed by atoms with Crippen LogP contribution >= 0.6 is 0 Å². The van der Waals surface area contributed by atoms with E-state index in [1.807, 2.05) is 20.8 Å². The summed E-state index contributed by atoms with van der Waals surface area (Å²) in [7, 11) is 1.31. The molecule has 8 heteroatoms. The van der Waals surface area contributed by atoms with Gasteiger partial charge in [-0.15, -0.1) is 5.10 Å². The van der Waals surface area contributed by atoms with E-state index < -0.39 is 17.7 Å². The zero-order valence-electron chi connectivity index (χ0n) is 14.0. The quantitative estimate of drug-likeness (QED) is 0.855. The second-order valence-corrected chi connectivity index (χ2v) is 6.74. The largest absolute Gasteiger partial charge is 0.464 e. The van der Waals surface area contributed by atoms with Crippen molar-refractivity contribution >= 4 is 12.1 Å². The molecule has 1 saturated carbocycles. The number of carbonyl (C=O) groups excluding carboxylic acids is 2. The van der Waals surface area contributed by atoms with Gasteiger partial charge in [0.25, 0.3) is 0 Å². The molecular weight excluding hydrogens is 300 g/mol. The number of esters is 1. The second-order valence-electron chi connectivity index (χ2n) is 6.74. The van der Waals surface area contributed by atoms with E-state index in [9.17, 15) is 9.59 Å². The topological polar surface area (TPSA) is 95.3 Å². The van der Waals surface area contributed by atoms with Gasteiger partial charge in [0, 0.05) is 6.04 Å². The molecule has 0 aliphatic heterocycles. The summed E-state index contributed by atoms with van der Waals surface area (Å²) < 4.78 is 11.6. The molecule has 1 N–H and O–H groups in total. The number of rotatable bonds is 3. The highest BCUT2D eigenvalue weighted by Crippen LogP contribution is 2.28. The number of amides is 1. The fourth-order valence-electron chi connectivity index (χ4n) is 2.66. The van der Waals surface area contributed by atoms with E-state index in [0.29, 0.717) is 0 Å². The fraction of sp³-hybridized carbons (Fsp3) is 0.733. The minimum atomic E-state index is -0.514. The Morgan fingerprint density at radius 2 is 2.09 bits per heavy atom. The predicted octanol–water partition coefficient (Wildman–Crippen LogP) is 2.07. The van der Waals surface area contributed by atoms with Gasteiger partial charge in [0.05, 0.1) is 19.3 Å². The summed E-state index contributed by atoms with van der Waals surface area (Å²) in [5.74, 6) is -0.504. The van der Waals surface area contributed by atoms with Gasteiger partial charge < -0.3 is 14.8 Å². The summed E-state index contributed by atoms with van der Waals surface area (Å²) in [6.07, 6.45) is 4.69. The minimum Gasteiger partial charge on any atom is -0.464 e. The van der Waals surface area contributed by atoms with Crippen LogP contribution in [-0.4, -0.2) is 45.8 Å². The molecule has 0 bridgehead atoms.